The molecule has 16 heavy (non-hydrogen) atoms. The van der Waals surface area contributed by atoms with Crippen LogP contribution in [0.3, 0.4) is 0 Å². The van der Waals surface area contributed by atoms with Gasteiger partial charge in [-0.15, -0.1) is 0 Å². The molecule has 0 unspecified atom stereocenters. The Balaban J connectivity index is 2.39. The van der Waals surface area contributed by atoms with E-state index >= 15 is 0 Å². The number of hydrogen-bond donors (Lipinski definition) is 3. The summed E-state index contributed by atoms with van der Waals surface area (Å²) in [4.78, 5) is 4.36. The number of nitrogens with zero attached hydrogens (tertiary/aromatic N) is 2. The molecule has 0 fully saturated rings. The molecule has 4 N–H and O–H groups in total. The molecule has 0 aliphatic carbocycles. The minimum Gasteiger partial charge on any atom is -0.506 e. The number of aromatic nitrogens is 2. The van der Waals surface area contributed by atoms with Crippen molar-refractivity contribution in [2.45, 2.75) is 6.92 Å². The van der Waals surface area contributed by atoms with Gasteiger partial charge in [-0.25, -0.2) is 4.98 Å². The first kappa shape index (κ1) is 10.4. The molecule has 2 aromatic heterocycles. The van der Waals surface area contributed by atoms with Crippen LogP contribution < -0.4 is 11.1 Å². The Bertz CT molecular complexity index is 492. The molecule has 0 radical (unpaired) electrons. The molecule has 2 heterocycles. The minimum atomic E-state index is 0.212. The number of pyridine rings is 1. The summed E-state index contributed by atoms with van der Waals surface area (Å²) in [5, 5.41) is 12.3. The Morgan fingerprint density at radius 1 is 1.44 bits per heavy atom. The van der Waals surface area contributed by atoms with Gasteiger partial charge in [0.05, 0.1) is 11.9 Å². The van der Waals surface area contributed by atoms with Crippen LogP contribution in [-0.4, -0.2) is 21.2 Å². The number of nitrogen functional groups attached to an aromatic ring is 1. The fourth-order valence-corrected chi connectivity index (χ4v) is 1.44. The number of hydrogen-bond acceptors (Lipinski definition) is 4. The number of anilines is 2. The van der Waals surface area contributed by atoms with Gasteiger partial charge in [-0.05, 0) is 25.1 Å². The van der Waals surface area contributed by atoms with Crippen molar-refractivity contribution in [3.63, 3.8) is 0 Å². The van der Waals surface area contributed by atoms with Gasteiger partial charge in [-0.1, -0.05) is 0 Å². The number of aromatic hydroxyl groups is 1. The second kappa shape index (κ2) is 4.14. The second-order valence-electron chi connectivity index (χ2n) is 3.41. The molecule has 0 spiro atoms. The molecule has 0 bridgehead atoms. The van der Waals surface area contributed by atoms with E-state index in [1.54, 1.807) is 35.2 Å². The van der Waals surface area contributed by atoms with E-state index in [4.69, 9.17) is 5.73 Å². The lowest BCUT2D eigenvalue weighted by Gasteiger charge is -2.08. The largest absolute Gasteiger partial charge is 0.506 e. The highest BCUT2D eigenvalue weighted by atomic mass is 16.3. The lowest BCUT2D eigenvalue weighted by atomic mass is 10.3. The van der Waals surface area contributed by atoms with Gasteiger partial charge in [-0.2, -0.15) is 0 Å². The van der Waals surface area contributed by atoms with Crippen LogP contribution in [0.4, 0.5) is 11.5 Å². The highest BCUT2D eigenvalue weighted by molar-refractivity contribution is 5.62. The zero-order chi connectivity index (χ0) is 11.5. The van der Waals surface area contributed by atoms with E-state index < -0.39 is 0 Å². The maximum Gasteiger partial charge on any atom is 0.151 e. The third-order valence-electron chi connectivity index (χ3n) is 2.20. The van der Waals surface area contributed by atoms with E-state index in [2.05, 4.69) is 10.3 Å². The van der Waals surface area contributed by atoms with Crippen molar-refractivity contribution in [3.05, 3.63) is 30.6 Å². The summed E-state index contributed by atoms with van der Waals surface area (Å²) in [6.07, 6.45) is 3.33. The lowest BCUT2D eigenvalue weighted by molar-refractivity contribution is 0.475. The SMILES string of the molecule is CCNc1nc(-n2ccc(O)c2)ccc1N. The van der Waals surface area contributed by atoms with Crippen LogP contribution in [0, 0.1) is 0 Å². The second-order valence-corrected chi connectivity index (χ2v) is 3.41. The average Bonchev–Trinajstić information content (AvgIpc) is 2.69. The molecular formula is C11H14N4O. The zero-order valence-electron chi connectivity index (χ0n) is 9.01. The fraction of sp³-hybridized carbons (Fsp3) is 0.182. The summed E-state index contributed by atoms with van der Waals surface area (Å²) < 4.78 is 1.73. The van der Waals surface area contributed by atoms with Crippen LogP contribution in [-0.2, 0) is 0 Å². The van der Waals surface area contributed by atoms with E-state index in [1.807, 2.05) is 6.92 Å². The molecular weight excluding hydrogens is 204 g/mol. The minimum absolute atomic E-state index is 0.212. The summed E-state index contributed by atoms with van der Waals surface area (Å²) in [5.41, 5.74) is 6.39. The molecule has 2 rings (SSSR count). The molecule has 0 saturated heterocycles. The molecule has 5 heteroatoms. The van der Waals surface area contributed by atoms with Crippen molar-refractivity contribution in [3.8, 4) is 11.6 Å². The van der Waals surface area contributed by atoms with Crippen molar-refractivity contribution >= 4 is 11.5 Å². The molecule has 84 valence electrons. The predicted molar refractivity (Wildman–Crippen MR) is 63.8 cm³/mol. The number of nitrogens with one attached hydrogen (secondary N) is 1. The maximum atomic E-state index is 9.25. The Labute approximate surface area is 93.5 Å². The van der Waals surface area contributed by atoms with Gasteiger partial charge in [-0.3, -0.25) is 0 Å². The molecule has 0 aliphatic heterocycles. The molecule has 0 aliphatic rings. The highest BCUT2D eigenvalue weighted by Crippen LogP contribution is 2.19. The summed E-state index contributed by atoms with van der Waals surface area (Å²) in [6, 6.07) is 5.19. The van der Waals surface area contributed by atoms with E-state index in [-0.39, 0.29) is 5.75 Å². The first-order valence-corrected chi connectivity index (χ1v) is 5.08. The highest BCUT2D eigenvalue weighted by Gasteiger charge is 2.04. The molecule has 0 saturated carbocycles. The van der Waals surface area contributed by atoms with Crippen LogP contribution >= 0.6 is 0 Å². The molecule has 5 nitrogen and oxygen atoms in total. The normalized spacial score (nSPS) is 10.3. The molecule has 0 atom stereocenters. The summed E-state index contributed by atoms with van der Waals surface area (Å²) in [5.74, 6) is 1.59. The van der Waals surface area contributed by atoms with Gasteiger partial charge in [0, 0.05) is 12.7 Å². The first-order valence-electron chi connectivity index (χ1n) is 5.08. The van der Waals surface area contributed by atoms with Crippen molar-refractivity contribution in [2.75, 3.05) is 17.6 Å². The van der Waals surface area contributed by atoms with E-state index in [0.717, 1.165) is 6.54 Å². The van der Waals surface area contributed by atoms with Crippen LogP contribution in [0.25, 0.3) is 5.82 Å². The maximum absolute atomic E-state index is 9.25. The van der Waals surface area contributed by atoms with E-state index in [1.165, 1.54) is 0 Å². The Hall–Kier alpha value is -2.17. The van der Waals surface area contributed by atoms with Crippen molar-refractivity contribution in [2.24, 2.45) is 0 Å². The Kier molecular flexibility index (Phi) is 2.68. The van der Waals surface area contributed by atoms with Gasteiger partial charge in [0.15, 0.2) is 5.82 Å². The first-order chi connectivity index (χ1) is 7.70. The summed E-state index contributed by atoms with van der Waals surface area (Å²) in [6.45, 7) is 2.74. The average molecular weight is 218 g/mol. The van der Waals surface area contributed by atoms with E-state index in [0.29, 0.717) is 17.3 Å². The molecule has 2 aromatic rings. The predicted octanol–water partition coefficient (Wildman–Crippen LogP) is 1.59. The molecule has 0 amide bonds. The lowest BCUT2D eigenvalue weighted by Crippen LogP contribution is -2.05. The van der Waals surface area contributed by atoms with E-state index in [9.17, 15) is 5.11 Å². The Morgan fingerprint density at radius 3 is 2.88 bits per heavy atom. The number of nitrogens with two attached hydrogens (primary N) is 1. The van der Waals surface area contributed by atoms with Gasteiger partial charge in [0.25, 0.3) is 0 Å². The van der Waals surface area contributed by atoms with Gasteiger partial charge >= 0.3 is 0 Å². The quantitative estimate of drug-likeness (QED) is 0.731. The third kappa shape index (κ3) is 1.93. The topological polar surface area (TPSA) is 76.1 Å². The zero-order valence-corrected chi connectivity index (χ0v) is 9.01. The fourth-order valence-electron chi connectivity index (χ4n) is 1.44. The van der Waals surface area contributed by atoms with Crippen LogP contribution in [0.15, 0.2) is 30.6 Å². The van der Waals surface area contributed by atoms with Gasteiger partial charge in [0.1, 0.15) is 11.6 Å². The van der Waals surface area contributed by atoms with Crippen molar-refractivity contribution in [1.82, 2.24) is 9.55 Å². The monoisotopic (exact) mass is 218 g/mol. The van der Waals surface area contributed by atoms with Crippen LogP contribution in [0.1, 0.15) is 6.92 Å². The van der Waals surface area contributed by atoms with Crippen LogP contribution in [0.2, 0.25) is 0 Å². The van der Waals surface area contributed by atoms with Crippen LogP contribution in [0.5, 0.6) is 5.75 Å². The smallest absolute Gasteiger partial charge is 0.151 e. The van der Waals surface area contributed by atoms with Gasteiger partial charge in [0.2, 0.25) is 0 Å². The number of rotatable bonds is 3. The molecule has 0 aromatic carbocycles. The summed E-state index contributed by atoms with van der Waals surface area (Å²) in [7, 11) is 0. The van der Waals surface area contributed by atoms with Crippen molar-refractivity contribution in [1.29, 1.82) is 0 Å². The van der Waals surface area contributed by atoms with Gasteiger partial charge < -0.3 is 20.7 Å². The standard InChI is InChI=1S/C11H14N4O/c1-2-13-11-9(12)3-4-10(14-11)15-6-5-8(16)7-15/h3-7,16H,2,12H2,1H3,(H,13,14). The van der Waals surface area contributed by atoms with Crippen molar-refractivity contribution < 1.29 is 5.11 Å². The third-order valence-corrected chi connectivity index (χ3v) is 2.20. The Morgan fingerprint density at radius 2 is 2.25 bits per heavy atom. The summed E-state index contributed by atoms with van der Waals surface area (Å²) >= 11 is 0.